The number of nitrogens with one attached hydrogen (secondary N) is 1. The van der Waals surface area contributed by atoms with Gasteiger partial charge in [-0.2, -0.15) is 5.26 Å². The zero-order valence-electron chi connectivity index (χ0n) is 13.7. The van der Waals surface area contributed by atoms with Crippen LogP contribution in [0.25, 0.3) is 11.1 Å². The first kappa shape index (κ1) is 17.7. The van der Waals surface area contributed by atoms with E-state index >= 15 is 0 Å². The summed E-state index contributed by atoms with van der Waals surface area (Å²) in [6, 6.07) is 14.8. The molecule has 2 aromatic rings. The van der Waals surface area contributed by atoms with E-state index < -0.39 is 6.10 Å². The van der Waals surface area contributed by atoms with E-state index in [1.54, 1.807) is 18.2 Å². The summed E-state index contributed by atoms with van der Waals surface area (Å²) in [7, 11) is 1.49. The highest BCUT2D eigenvalue weighted by Crippen LogP contribution is 2.25. The molecule has 1 atom stereocenters. The number of hydrogen-bond donors (Lipinski definition) is 2. The van der Waals surface area contributed by atoms with E-state index in [1.807, 2.05) is 31.2 Å². The molecule has 0 saturated heterocycles. The Morgan fingerprint density at radius 1 is 1.33 bits per heavy atom. The number of aryl methyl sites for hydroxylation is 1. The van der Waals surface area contributed by atoms with Crippen molar-refractivity contribution in [2.45, 2.75) is 13.0 Å². The lowest BCUT2D eigenvalue weighted by Crippen LogP contribution is -2.34. The lowest BCUT2D eigenvalue weighted by molar-refractivity contribution is 0.0610. The number of carbonyl (C=O) groups is 1. The third kappa shape index (κ3) is 4.42. The van der Waals surface area contributed by atoms with Crippen molar-refractivity contribution >= 4 is 5.91 Å². The number of benzene rings is 2. The van der Waals surface area contributed by atoms with Gasteiger partial charge in [-0.25, -0.2) is 0 Å². The molecular formula is C19H20N2O3. The number of hydrogen-bond acceptors (Lipinski definition) is 4. The van der Waals surface area contributed by atoms with Gasteiger partial charge in [0.25, 0.3) is 5.91 Å². The van der Waals surface area contributed by atoms with Gasteiger partial charge in [0.15, 0.2) is 0 Å². The van der Waals surface area contributed by atoms with Gasteiger partial charge in [-0.05, 0) is 47.9 Å². The lowest BCUT2D eigenvalue weighted by Gasteiger charge is -2.12. The van der Waals surface area contributed by atoms with Crippen LogP contribution in [0.2, 0.25) is 0 Å². The van der Waals surface area contributed by atoms with E-state index in [0.29, 0.717) is 11.1 Å². The molecule has 2 N–H and O–H groups in total. The summed E-state index contributed by atoms with van der Waals surface area (Å²) in [6.45, 7) is 2.24. The molecule has 124 valence electrons. The number of ether oxygens (including phenoxy) is 1. The van der Waals surface area contributed by atoms with Crippen LogP contribution in [0.4, 0.5) is 0 Å². The molecular weight excluding hydrogens is 304 g/mol. The fourth-order valence-electron chi connectivity index (χ4n) is 2.45. The second kappa shape index (κ2) is 8.25. The summed E-state index contributed by atoms with van der Waals surface area (Å²) in [5, 5.41) is 21.2. The van der Waals surface area contributed by atoms with Gasteiger partial charge in [-0.15, -0.1) is 0 Å². The average Bonchev–Trinajstić information content (AvgIpc) is 2.59. The van der Waals surface area contributed by atoms with Crippen molar-refractivity contribution < 1.29 is 14.6 Å². The molecule has 2 rings (SSSR count). The Labute approximate surface area is 141 Å². The van der Waals surface area contributed by atoms with Crippen LogP contribution in [0.15, 0.2) is 42.5 Å². The highest BCUT2D eigenvalue weighted by atomic mass is 16.5. The number of nitrogens with zero attached hydrogens (tertiary/aromatic N) is 1. The Morgan fingerprint density at radius 2 is 2.12 bits per heavy atom. The molecule has 0 heterocycles. The monoisotopic (exact) mass is 324 g/mol. The maximum Gasteiger partial charge on any atom is 0.251 e. The Balaban J connectivity index is 2.17. The zero-order valence-corrected chi connectivity index (χ0v) is 13.7. The van der Waals surface area contributed by atoms with Gasteiger partial charge < -0.3 is 15.2 Å². The zero-order chi connectivity index (χ0) is 17.5. The third-order valence-electron chi connectivity index (χ3n) is 3.65. The van der Waals surface area contributed by atoms with Crippen LogP contribution in [-0.4, -0.2) is 37.4 Å². The predicted octanol–water partition coefficient (Wildman–Crippen LogP) is 2.27. The Morgan fingerprint density at radius 3 is 2.79 bits per heavy atom. The molecule has 24 heavy (non-hydrogen) atoms. The first-order valence-electron chi connectivity index (χ1n) is 7.61. The van der Waals surface area contributed by atoms with E-state index in [-0.39, 0.29) is 19.1 Å². The predicted molar refractivity (Wildman–Crippen MR) is 91.5 cm³/mol. The van der Waals surface area contributed by atoms with Crippen molar-refractivity contribution in [1.82, 2.24) is 5.32 Å². The highest BCUT2D eigenvalue weighted by Gasteiger charge is 2.11. The van der Waals surface area contributed by atoms with Gasteiger partial charge in [0, 0.05) is 19.2 Å². The summed E-state index contributed by atoms with van der Waals surface area (Å²) in [5.41, 5.74) is 3.98. The van der Waals surface area contributed by atoms with Gasteiger partial charge >= 0.3 is 0 Å². The molecule has 1 amide bonds. The number of aliphatic hydroxyl groups is 1. The fourth-order valence-corrected chi connectivity index (χ4v) is 2.45. The number of methoxy groups -OCH3 is 1. The second-order valence-electron chi connectivity index (χ2n) is 5.54. The molecule has 0 saturated carbocycles. The quantitative estimate of drug-likeness (QED) is 0.854. The smallest absolute Gasteiger partial charge is 0.251 e. The minimum absolute atomic E-state index is 0.132. The summed E-state index contributed by atoms with van der Waals surface area (Å²) in [4.78, 5) is 12.2. The Hall–Kier alpha value is -2.68. The van der Waals surface area contributed by atoms with Crippen molar-refractivity contribution in [1.29, 1.82) is 5.26 Å². The number of carbonyl (C=O) groups excluding carboxylic acids is 1. The molecule has 0 aliphatic carbocycles. The maximum atomic E-state index is 12.2. The molecule has 0 bridgehead atoms. The van der Waals surface area contributed by atoms with E-state index in [9.17, 15) is 9.90 Å². The number of nitriles is 1. The largest absolute Gasteiger partial charge is 0.389 e. The van der Waals surface area contributed by atoms with Crippen LogP contribution in [0.3, 0.4) is 0 Å². The highest BCUT2D eigenvalue weighted by molar-refractivity contribution is 5.95. The molecule has 5 nitrogen and oxygen atoms in total. The normalized spacial score (nSPS) is 11.6. The minimum atomic E-state index is -0.733. The Bertz CT molecular complexity index is 765. The summed E-state index contributed by atoms with van der Waals surface area (Å²) >= 11 is 0. The molecule has 0 spiro atoms. The molecule has 2 aromatic carbocycles. The van der Waals surface area contributed by atoms with Crippen molar-refractivity contribution in [3.8, 4) is 17.2 Å². The van der Waals surface area contributed by atoms with Gasteiger partial charge in [-0.1, -0.05) is 18.2 Å². The third-order valence-corrected chi connectivity index (χ3v) is 3.65. The molecule has 0 unspecified atom stereocenters. The van der Waals surface area contributed by atoms with Gasteiger partial charge in [-0.3, -0.25) is 4.79 Å². The molecule has 0 aliphatic heterocycles. The van der Waals surface area contributed by atoms with Crippen LogP contribution >= 0.6 is 0 Å². The fraction of sp³-hybridized carbons (Fsp3) is 0.263. The van der Waals surface area contributed by atoms with Crippen molar-refractivity contribution in [2.24, 2.45) is 0 Å². The molecule has 0 aliphatic rings. The van der Waals surface area contributed by atoms with Crippen LogP contribution in [-0.2, 0) is 4.74 Å². The van der Waals surface area contributed by atoms with Crippen LogP contribution in [0.1, 0.15) is 21.5 Å². The van der Waals surface area contributed by atoms with Crippen molar-refractivity contribution in [3.63, 3.8) is 0 Å². The maximum absolute atomic E-state index is 12.2. The number of aliphatic hydroxyl groups excluding tert-OH is 1. The first-order chi connectivity index (χ1) is 11.5. The molecule has 0 aromatic heterocycles. The summed E-state index contributed by atoms with van der Waals surface area (Å²) in [6.07, 6.45) is -0.733. The van der Waals surface area contributed by atoms with Crippen molar-refractivity contribution in [2.75, 3.05) is 20.3 Å². The molecule has 0 radical (unpaired) electrons. The van der Waals surface area contributed by atoms with E-state index in [4.69, 9.17) is 10.00 Å². The SMILES string of the molecule is COC[C@@H](O)CNC(=O)c1cccc(-c2ccc(C#N)cc2C)c1. The first-order valence-corrected chi connectivity index (χ1v) is 7.61. The summed E-state index contributed by atoms with van der Waals surface area (Å²) < 4.78 is 4.83. The van der Waals surface area contributed by atoms with Crippen LogP contribution in [0, 0.1) is 18.3 Å². The standard InChI is InChI=1S/C19H20N2O3/c1-13-8-14(10-20)6-7-18(13)15-4-3-5-16(9-15)19(23)21-11-17(22)12-24-2/h3-9,17,22H,11-12H2,1-2H3,(H,21,23)/t17-/m0/s1. The number of rotatable bonds is 6. The van der Waals surface area contributed by atoms with E-state index in [1.165, 1.54) is 7.11 Å². The second-order valence-corrected chi connectivity index (χ2v) is 5.54. The van der Waals surface area contributed by atoms with Gasteiger partial charge in [0.2, 0.25) is 0 Å². The Kier molecular flexibility index (Phi) is 6.07. The topological polar surface area (TPSA) is 82.3 Å². The molecule has 5 heteroatoms. The van der Waals surface area contributed by atoms with E-state index in [2.05, 4.69) is 11.4 Å². The molecule has 0 fully saturated rings. The van der Waals surface area contributed by atoms with E-state index in [0.717, 1.165) is 16.7 Å². The van der Waals surface area contributed by atoms with Crippen LogP contribution < -0.4 is 5.32 Å². The van der Waals surface area contributed by atoms with Gasteiger partial charge in [0.1, 0.15) is 0 Å². The minimum Gasteiger partial charge on any atom is -0.389 e. The lowest BCUT2D eigenvalue weighted by atomic mass is 9.97. The summed E-state index contributed by atoms with van der Waals surface area (Å²) in [5.74, 6) is -0.252. The van der Waals surface area contributed by atoms with Crippen molar-refractivity contribution in [3.05, 3.63) is 59.2 Å². The average molecular weight is 324 g/mol. The van der Waals surface area contributed by atoms with Gasteiger partial charge in [0.05, 0.1) is 24.3 Å². The van der Waals surface area contributed by atoms with Crippen LogP contribution in [0.5, 0.6) is 0 Å². The number of amides is 1.